The third kappa shape index (κ3) is 4.96. The maximum absolute atomic E-state index is 11.9. The first-order valence-electron chi connectivity index (χ1n) is 9.84. The van der Waals surface area contributed by atoms with Crippen LogP contribution in [-0.4, -0.2) is 85.6 Å². The summed E-state index contributed by atoms with van der Waals surface area (Å²) >= 11 is 0. The lowest BCUT2D eigenvalue weighted by atomic mass is 10.1. The summed E-state index contributed by atoms with van der Waals surface area (Å²) in [6.07, 6.45) is 0. The Labute approximate surface area is 157 Å². The molecule has 2 heterocycles. The second-order valence-electron chi connectivity index (χ2n) is 7.17. The predicted molar refractivity (Wildman–Crippen MR) is 103 cm³/mol. The van der Waals surface area contributed by atoms with Crippen LogP contribution in [0.1, 0.15) is 19.4 Å². The SMILES string of the molecule is CCN1CCN(CCOc2ccccc2CN2CCNC(=O)C2C)CC1. The number of piperazine rings is 2. The molecule has 2 saturated heterocycles. The first kappa shape index (κ1) is 19.1. The minimum absolute atomic E-state index is 0.0910. The van der Waals surface area contributed by atoms with E-state index in [-0.39, 0.29) is 11.9 Å². The van der Waals surface area contributed by atoms with Gasteiger partial charge in [0, 0.05) is 57.9 Å². The molecule has 1 N–H and O–H groups in total. The Morgan fingerprint density at radius 1 is 1.12 bits per heavy atom. The van der Waals surface area contributed by atoms with E-state index in [0.29, 0.717) is 6.61 Å². The standard InChI is InChI=1S/C20H32N4O2/c1-3-22-10-12-23(13-11-22)14-15-26-19-7-5-4-6-18(19)16-24-9-8-21-20(25)17(24)2/h4-7,17H,3,8-16H2,1-2H3,(H,21,25). The molecule has 0 aromatic heterocycles. The lowest BCUT2D eigenvalue weighted by Gasteiger charge is -2.34. The molecule has 1 aromatic carbocycles. The maximum Gasteiger partial charge on any atom is 0.237 e. The van der Waals surface area contributed by atoms with Gasteiger partial charge in [0.1, 0.15) is 12.4 Å². The molecule has 0 bridgehead atoms. The van der Waals surface area contributed by atoms with Gasteiger partial charge < -0.3 is 15.0 Å². The molecule has 1 aromatic rings. The largest absolute Gasteiger partial charge is 0.492 e. The van der Waals surface area contributed by atoms with Crippen LogP contribution >= 0.6 is 0 Å². The van der Waals surface area contributed by atoms with Crippen LogP contribution in [-0.2, 0) is 11.3 Å². The molecule has 144 valence electrons. The molecule has 6 heteroatoms. The molecular weight excluding hydrogens is 328 g/mol. The van der Waals surface area contributed by atoms with E-state index in [1.54, 1.807) is 0 Å². The van der Waals surface area contributed by atoms with Crippen molar-refractivity contribution in [3.8, 4) is 5.75 Å². The molecule has 6 nitrogen and oxygen atoms in total. The van der Waals surface area contributed by atoms with Crippen molar-refractivity contribution in [1.82, 2.24) is 20.0 Å². The second kappa shape index (κ2) is 9.35. The molecule has 1 amide bonds. The summed E-state index contributed by atoms with van der Waals surface area (Å²) in [6, 6.07) is 8.12. The Hall–Kier alpha value is -1.63. The van der Waals surface area contributed by atoms with Crippen LogP contribution in [0.25, 0.3) is 0 Å². The van der Waals surface area contributed by atoms with E-state index in [9.17, 15) is 4.79 Å². The molecule has 1 atom stereocenters. The Kier molecular flexibility index (Phi) is 6.88. The predicted octanol–water partition coefficient (Wildman–Crippen LogP) is 1.02. The van der Waals surface area contributed by atoms with Crippen molar-refractivity contribution in [3.63, 3.8) is 0 Å². The molecule has 26 heavy (non-hydrogen) atoms. The van der Waals surface area contributed by atoms with Gasteiger partial charge >= 0.3 is 0 Å². The van der Waals surface area contributed by atoms with Gasteiger partial charge in [0.05, 0.1) is 6.04 Å². The van der Waals surface area contributed by atoms with E-state index in [1.807, 2.05) is 25.1 Å². The maximum atomic E-state index is 11.9. The zero-order valence-corrected chi connectivity index (χ0v) is 16.1. The molecular formula is C20H32N4O2. The third-order valence-electron chi connectivity index (χ3n) is 5.55. The number of likely N-dealkylation sites (N-methyl/N-ethyl adjacent to an activating group) is 1. The quantitative estimate of drug-likeness (QED) is 0.787. The molecule has 0 spiro atoms. The van der Waals surface area contributed by atoms with Crippen molar-refractivity contribution in [2.24, 2.45) is 0 Å². The highest BCUT2D eigenvalue weighted by Gasteiger charge is 2.26. The second-order valence-corrected chi connectivity index (χ2v) is 7.17. The fourth-order valence-electron chi connectivity index (χ4n) is 3.65. The number of hydrogen-bond donors (Lipinski definition) is 1. The molecule has 2 aliphatic heterocycles. The number of benzene rings is 1. The van der Waals surface area contributed by atoms with Crippen molar-refractivity contribution in [3.05, 3.63) is 29.8 Å². The summed E-state index contributed by atoms with van der Waals surface area (Å²) in [5.74, 6) is 1.05. The van der Waals surface area contributed by atoms with E-state index in [2.05, 4.69) is 33.0 Å². The number of rotatable bonds is 7. The van der Waals surface area contributed by atoms with Crippen molar-refractivity contribution in [1.29, 1.82) is 0 Å². The molecule has 3 rings (SSSR count). The van der Waals surface area contributed by atoms with Crippen LogP contribution in [0.5, 0.6) is 5.75 Å². The molecule has 2 fully saturated rings. The summed E-state index contributed by atoms with van der Waals surface area (Å²) in [6.45, 7) is 13.9. The molecule has 0 aliphatic carbocycles. The van der Waals surface area contributed by atoms with E-state index in [0.717, 1.165) is 70.2 Å². The third-order valence-corrected chi connectivity index (χ3v) is 5.55. The fourth-order valence-corrected chi connectivity index (χ4v) is 3.65. The molecule has 0 radical (unpaired) electrons. The average molecular weight is 361 g/mol. The Balaban J connectivity index is 1.50. The summed E-state index contributed by atoms with van der Waals surface area (Å²) in [5.41, 5.74) is 1.16. The summed E-state index contributed by atoms with van der Waals surface area (Å²) in [4.78, 5) is 19.1. The Morgan fingerprint density at radius 2 is 1.85 bits per heavy atom. The zero-order chi connectivity index (χ0) is 18.4. The van der Waals surface area contributed by atoms with E-state index in [1.165, 1.54) is 0 Å². The first-order valence-corrected chi connectivity index (χ1v) is 9.84. The van der Waals surface area contributed by atoms with Gasteiger partial charge in [-0.15, -0.1) is 0 Å². The smallest absolute Gasteiger partial charge is 0.237 e. The minimum atomic E-state index is -0.0910. The number of carbonyl (C=O) groups excluding carboxylic acids is 1. The summed E-state index contributed by atoms with van der Waals surface area (Å²) < 4.78 is 6.11. The van der Waals surface area contributed by atoms with Crippen LogP contribution < -0.4 is 10.1 Å². The van der Waals surface area contributed by atoms with Crippen LogP contribution in [0, 0.1) is 0 Å². The zero-order valence-electron chi connectivity index (χ0n) is 16.1. The van der Waals surface area contributed by atoms with Gasteiger partial charge in [-0.25, -0.2) is 0 Å². The van der Waals surface area contributed by atoms with Gasteiger partial charge in [0.25, 0.3) is 0 Å². The van der Waals surface area contributed by atoms with Crippen molar-refractivity contribution < 1.29 is 9.53 Å². The van der Waals surface area contributed by atoms with Crippen molar-refractivity contribution >= 4 is 5.91 Å². The van der Waals surface area contributed by atoms with Crippen molar-refractivity contribution in [2.75, 3.05) is 59.0 Å². The number of para-hydroxylation sites is 1. The highest BCUT2D eigenvalue weighted by atomic mass is 16.5. The number of hydrogen-bond acceptors (Lipinski definition) is 5. The van der Waals surface area contributed by atoms with E-state index < -0.39 is 0 Å². The van der Waals surface area contributed by atoms with Crippen LogP contribution in [0.2, 0.25) is 0 Å². The normalized spacial score (nSPS) is 23.0. The van der Waals surface area contributed by atoms with E-state index in [4.69, 9.17) is 4.74 Å². The Bertz CT molecular complexity index is 587. The van der Waals surface area contributed by atoms with Gasteiger partial charge in [-0.05, 0) is 19.5 Å². The highest BCUT2D eigenvalue weighted by molar-refractivity contribution is 5.82. The number of amides is 1. The first-order chi connectivity index (χ1) is 12.7. The molecule has 1 unspecified atom stereocenters. The van der Waals surface area contributed by atoms with Gasteiger partial charge in [-0.2, -0.15) is 0 Å². The number of nitrogens with one attached hydrogen (secondary N) is 1. The summed E-state index contributed by atoms with van der Waals surface area (Å²) in [7, 11) is 0. The molecule has 0 saturated carbocycles. The van der Waals surface area contributed by atoms with Crippen molar-refractivity contribution in [2.45, 2.75) is 26.4 Å². The topological polar surface area (TPSA) is 48.1 Å². The average Bonchev–Trinajstić information content (AvgIpc) is 2.67. The highest BCUT2D eigenvalue weighted by Crippen LogP contribution is 2.21. The van der Waals surface area contributed by atoms with Gasteiger partial charge in [0.15, 0.2) is 0 Å². The summed E-state index contributed by atoms with van der Waals surface area (Å²) in [5, 5.41) is 2.92. The Morgan fingerprint density at radius 3 is 2.62 bits per heavy atom. The lowest BCUT2D eigenvalue weighted by Crippen LogP contribution is -2.53. The van der Waals surface area contributed by atoms with E-state index >= 15 is 0 Å². The van der Waals surface area contributed by atoms with Gasteiger partial charge in [-0.1, -0.05) is 25.1 Å². The van der Waals surface area contributed by atoms with Gasteiger partial charge in [0.2, 0.25) is 5.91 Å². The number of ether oxygens (including phenoxy) is 1. The van der Waals surface area contributed by atoms with Gasteiger partial charge in [-0.3, -0.25) is 14.6 Å². The number of carbonyl (C=O) groups is 1. The lowest BCUT2D eigenvalue weighted by molar-refractivity contribution is -0.128. The monoisotopic (exact) mass is 360 g/mol. The minimum Gasteiger partial charge on any atom is -0.492 e. The molecule has 2 aliphatic rings. The van der Waals surface area contributed by atoms with Crippen LogP contribution in [0.15, 0.2) is 24.3 Å². The number of nitrogens with zero attached hydrogens (tertiary/aromatic N) is 3. The van der Waals surface area contributed by atoms with Crippen LogP contribution in [0.3, 0.4) is 0 Å². The fraction of sp³-hybridized carbons (Fsp3) is 0.650. The van der Waals surface area contributed by atoms with Crippen LogP contribution in [0.4, 0.5) is 0 Å².